The van der Waals surface area contributed by atoms with E-state index in [1.54, 1.807) is 12.1 Å². The summed E-state index contributed by atoms with van der Waals surface area (Å²) in [6, 6.07) is 4.73. The average molecular weight is 299 g/mol. The third-order valence-electron chi connectivity index (χ3n) is 3.67. The first kappa shape index (κ1) is 15.3. The molecule has 1 fully saturated rings. The highest BCUT2D eigenvalue weighted by atomic mass is 32.2. The molecule has 0 aliphatic carbocycles. The molecule has 0 unspecified atom stereocenters. The Morgan fingerprint density at radius 1 is 1.40 bits per heavy atom. The van der Waals surface area contributed by atoms with E-state index in [1.165, 1.54) is 17.5 Å². The Morgan fingerprint density at radius 3 is 2.60 bits per heavy atom. The zero-order chi connectivity index (χ0) is 15.0. The SMILES string of the molecule is COc1ccc(CO)cc1S(=O)(=O)N1CCC(C)(C)C1. The van der Waals surface area contributed by atoms with Crippen molar-refractivity contribution in [3.63, 3.8) is 0 Å². The highest BCUT2D eigenvalue weighted by Gasteiger charge is 2.38. The van der Waals surface area contributed by atoms with Crippen LogP contribution in [0.4, 0.5) is 0 Å². The minimum atomic E-state index is -3.59. The largest absolute Gasteiger partial charge is 0.495 e. The molecular weight excluding hydrogens is 278 g/mol. The minimum absolute atomic E-state index is 0.00507. The number of aliphatic hydroxyl groups excluding tert-OH is 1. The van der Waals surface area contributed by atoms with E-state index in [2.05, 4.69) is 13.8 Å². The maximum atomic E-state index is 12.7. The zero-order valence-corrected chi connectivity index (χ0v) is 12.9. The Balaban J connectivity index is 2.44. The van der Waals surface area contributed by atoms with Crippen LogP contribution in [-0.2, 0) is 16.6 Å². The maximum Gasteiger partial charge on any atom is 0.246 e. The maximum absolute atomic E-state index is 12.7. The molecule has 1 aliphatic heterocycles. The molecule has 1 aliphatic rings. The van der Waals surface area contributed by atoms with Gasteiger partial charge >= 0.3 is 0 Å². The zero-order valence-electron chi connectivity index (χ0n) is 12.1. The van der Waals surface area contributed by atoms with Crippen LogP contribution in [-0.4, -0.2) is 38.0 Å². The number of methoxy groups -OCH3 is 1. The second kappa shape index (κ2) is 5.35. The third kappa shape index (κ3) is 2.82. The molecule has 0 bridgehead atoms. The Bertz CT molecular complexity index is 595. The summed E-state index contributed by atoms with van der Waals surface area (Å²) in [6.45, 7) is 4.94. The van der Waals surface area contributed by atoms with Crippen molar-refractivity contribution in [1.29, 1.82) is 0 Å². The molecule has 1 heterocycles. The quantitative estimate of drug-likeness (QED) is 0.917. The number of hydrogen-bond donors (Lipinski definition) is 1. The van der Waals surface area contributed by atoms with Gasteiger partial charge in [-0.2, -0.15) is 4.31 Å². The molecule has 0 aromatic heterocycles. The van der Waals surface area contributed by atoms with Crippen LogP contribution in [0.2, 0.25) is 0 Å². The Hall–Kier alpha value is -1.11. The lowest BCUT2D eigenvalue weighted by molar-refractivity contribution is 0.281. The van der Waals surface area contributed by atoms with Crippen LogP contribution in [0.15, 0.2) is 23.1 Å². The average Bonchev–Trinajstić information content (AvgIpc) is 2.79. The summed E-state index contributed by atoms with van der Waals surface area (Å²) in [5.41, 5.74) is 0.553. The van der Waals surface area contributed by atoms with Crippen LogP contribution >= 0.6 is 0 Å². The van der Waals surface area contributed by atoms with Gasteiger partial charge in [0.15, 0.2) is 0 Å². The number of rotatable bonds is 4. The number of nitrogens with zero attached hydrogens (tertiary/aromatic N) is 1. The van der Waals surface area contributed by atoms with Crippen molar-refractivity contribution >= 4 is 10.0 Å². The molecule has 0 atom stereocenters. The van der Waals surface area contributed by atoms with Gasteiger partial charge in [-0.25, -0.2) is 8.42 Å². The molecule has 5 nitrogen and oxygen atoms in total. The highest BCUT2D eigenvalue weighted by molar-refractivity contribution is 7.89. The molecule has 112 valence electrons. The van der Waals surface area contributed by atoms with E-state index in [0.29, 0.717) is 24.4 Å². The number of sulfonamides is 1. The third-order valence-corrected chi connectivity index (χ3v) is 5.54. The van der Waals surface area contributed by atoms with Crippen molar-refractivity contribution in [2.75, 3.05) is 20.2 Å². The summed E-state index contributed by atoms with van der Waals surface area (Å²) < 4.78 is 32.1. The van der Waals surface area contributed by atoms with Crippen molar-refractivity contribution < 1.29 is 18.3 Å². The predicted octanol–water partition coefficient (Wildman–Crippen LogP) is 1.61. The van der Waals surface area contributed by atoms with Crippen LogP contribution in [0.25, 0.3) is 0 Å². The fourth-order valence-corrected chi connectivity index (χ4v) is 4.26. The summed E-state index contributed by atoms with van der Waals surface area (Å²) in [4.78, 5) is 0.129. The number of aliphatic hydroxyl groups is 1. The summed E-state index contributed by atoms with van der Waals surface area (Å²) in [5.74, 6) is 0.312. The van der Waals surface area contributed by atoms with Crippen LogP contribution in [0.1, 0.15) is 25.8 Å². The number of benzene rings is 1. The first-order valence-electron chi connectivity index (χ1n) is 6.58. The molecule has 6 heteroatoms. The van der Waals surface area contributed by atoms with Crippen molar-refractivity contribution in [2.45, 2.75) is 31.8 Å². The van der Waals surface area contributed by atoms with Gasteiger partial charge in [-0.1, -0.05) is 19.9 Å². The Kier molecular flexibility index (Phi) is 4.09. The van der Waals surface area contributed by atoms with E-state index in [4.69, 9.17) is 4.74 Å². The lowest BCUT2D eigenvalue weighted by Crippen LogP contribution is -2.30. The Morgan fingerprint density at radius 2 is 2.10 bits per heavy atom. The van der Waals surface area contributed by atoms with Crippen molar-refractivity contribution in [3.05, 3.63) is 23.8 Å². The molecule has 0 radical (unpaired) electrons. The molecule has 0 amide bonds. The monoisotopic (exact) mass is 299 g/mol. The van der Waals surface area contributed by atoms with Gasteiger partial charge in [0.25, 0.3) is 0 Å². The smallest absolute Gasteiger partial charge is 0.246 e. The van der Waals surface area contributed by atoms with E-state index in [1.807, 2.05) is 0 Å². The topological polar surface area (TPSA) is 66.8 Å². The van der Waals surface area contributed by atoms with Crippen LogP contribution < -0.4 is 4.74 Å². The van der Waals surface area contributed by atoms with Crippen molar-refractivity contribution in [3.8, 4) is 5.75 Å². The van der Waals surface area contributed by atoms with Gasteiger partial charge < -0.3 is 9.84 Å². The van der Waals surface area contributed by atoms with E-state index in [-0.39, 0.29) is 16.9 Å². The van der Waals surface area contributed by atoms with E-state index in [0.717, 1.165) is 6.42 Å². The fraction of sp³-hybridized carbons (Fsp3) is 0.571. The molecule has 2 rings (SSSR count). The molecule has 1 aromatic rings. The van der Waals surface area contributed by atoms with Crippen molar-refractivity contribution in [2.24, 2.45) is 5.41 Å². The van der Waals surface area contributed by atoms with Gasteiger partial charge in [0, 0.05) is 13.1 Å². The highest BCUT2D eigenvalue weighted by Crippen LogP contribution is 2.35. The first-order valence-corrected chi connectivity index (χ1v) is 8.02. The molecule has 0 saturated carbocycles. The summed E-state index contributed by atoms with van der Waals surface area (Å²) in [6.07, 6.45) is 0.842. The van der Waals surface area contributed by atoms with Gasteiger partial charge in [0.05, 0.1) is 13.7 Å². The molecule has 1 saturated heterocycles. The number of hydrogen-bond acceptors (Lipinski definition) is 4. The first-order chi connectivity index (χ1) is 9.30. The van der Waals surface area contributed by atoms with Gasteiger partial charge in [0.2, 0.25) is 10.0 Å². The van der Waals surface area contributed by atoms with Gasteiger partial charge in [0.1, 0.15) is 10.6 Å². The van der Waals surface area contributed by atoms with E-state index in [9.17, 15) is 13.5 Å². The Labute approximate surface area is 120 Å². The van der Waals surface area contributed by atoms with Crippen LogP contribution in [0.5, 0.6) is 5.75 Å². The van der Waals surface area contributed by atoms with Crippen molar-refractivity contribution in [1.82, 2.24) is 4.31 Å². The second-order valence-corrected chi connectivity index (χ2v) is 7.80. The lowest BCUT2D eigenvalue weighted by Gasteiger charge is -2.21. The number of ether oxygens (including phenoxy) is 1. The molecule has 0 spiro atoms. The molecule has 1 N–H and O–H groups in total. The fourth-order valence-electron chi connectivity index (χ4n) is 2.43. The standard InChI is InChI=1S/C14H21NO4S/c1-14(2)6-7-15(10-14)20(17,18)13-8-11(9-16)4-5-12(13)19-3/h4-5,8,16H,6-7,9-10H2,1-3H3. The summed E-state index contributed by atoms with van der Waals surface area (Å²) in [7, 11) is -2.14. The van der Waals surface area contributed by atoms with E-state index < -0.39 is 10.0 Å². The summed E-state index contributed by atoms with van der Waals surface area (Å²) >= 11 is 0. The second-order valence-electron chi connectivity index (χ2n) is 5.90. The van der Waals surface area contributed by atoms with Crippen LogP contribution in [0.3, 0.4) is 0 Å². The predicted molar refractivity (Wildman–Crippen MR) is 76.1 cm³/mol. The molecule has 1 aromatic carbocycles. The molecule has 20 heavy (non-hydrogen) atoms. The van der Waals surface area contributed by atoms with Gasteiger partial charge in [-0.15, -0.1) is 0 Å². The lowest BCUT2D eigenvalue weighted by atomic mass is 9.93. The minimum Gasteiger partial charge on any atom is -0.495 e. The normalized spacial score (nSPS) is 19.2. The summed E-state index contributed by atoms with van der Waals surface area (Å²) in [5, 5.41) is 9.19. The van der Waals surface area contributed by atoms with Gasteiger partial charge in [-0.05, 0) is 29.5 Å². The molecular formula is C14H21NO4S. The van der Waals surface area contributed by atoms with Gasteiger partial charge in [-0.3, -0.25) is 0 Å². The van der Waals surface area contributed by atoms with E-state index >= 15 is 0 Å². The van der Waals surface area contributed by atoms with Crippen LogP contribution in [0, 0.1) is 5.41 Å².